The zero-order valence-electron chi connectivity index (χ0n) is 7.70. The molecule has 0 aliphatic heterocycles. The predicted molar refractivity (Wildman–Crippen MR) is 54.1 cm³/mol. The highest BCUT2D eigenvalue weighted by atomic mass is 19.1. The lowest BCUT2D eigenvalue weighted by molar-refractivity contribution is 0.432. The van der Waals surface area contributed by atoms with Gasteiger partial charge < -0.3 is 10.1 Å². The summed E-state index contributed by atoms with van der Waals surface area (Å²) in [5.74, 6) is -1.10. The van der Waals surface area contributed by atoms with Gasteiger partial charge in [0.15, 0.2) is 11.6 Å². The van der Waals surface area contributed by atoms with Gasteiger partial charge in [-0.1, -0.05) is 6.07 Å². The van der Waals surface area contributed by atoms with Gasteiger partial charge in [-0.2, -0.15) is 0 Å². The highest BCUT2D eigenvalue weighted by molar-refractivity contribution is 5.63. The van der Waals surface area contributed by atoms with Gasteiger partial charge in [0, 0.05) is 12.3 Å². The lowest BCUT2D eigenvalue weighted by Gasteiger charge is -2.01. The Morgan fingerprint density at radius 1 is 1.13 bits per heavy atom. The van der Waals surface area contributed by atoms with Gasteiger partial charge in [-0.25, -0.2) is 4.39 Å². The molecule has 0 aliphatic rings. The largest absolute Gasteiger partial charge is 0.505 e. The van der Waals surface area contributed by atoms with E-state index >= 15 is 0 Å². The standard InChI is InChI=1S/C11H8FNO2/c12-9-5-7(1-2-10(9)14)8-3-4-13-11(15)6-8/h1-6,14H,(H,13,15). The fourth-order valence-electron chi connectivity index (χ4n) is 1.31. The van der Waals surface area contributed by atoms with Crippen LogP contribution in [0.2, 0.25) is 0 Å². The molecule has 1 aromatic heterocycles. The van der Waals surface area contributed by atoms with E-state index in [-0.39, 0.29) is 5.56 Å². The molecular weight excluding hydrogens is 197 g/mol. The zero-order chi connectivity index (χ0) is 10.8. The first-order valence-electron chi connectivity index (χ1n) is 4.34. The molecule has 4 heteroatoms. The molecular formula is C11H8FNO2. The molecule has 15 heavy (non-hydrogen) atoms. The summed E-state index contributed by atoms with van der Waals surface area (Å²) in [5, 5.41) is 9.00. The van der Waals surface area contributed by atoms with Crippen molar-refractivity contribution in [1.29, 1.82) is 0 Å². The Morgan fingerprint density at radius 3 is 2.53 bits per heavy atom. The number of hydrogen-bond acceptors (Lipinski definition) is 2. The maximum absolute atomic E-state index is 13.0. The summed E-state index contributed by atoms with van der Waals surface area (Å²) in [6.07, 6.45) is 1.49. The third-order valence-electron chi connectivity index (χ3n) is 2.06. The van der Waals surface area contributed by atoms with Gasteiger partial charge in [-0.15, -0.1) is 0 Å². The average Bonchev–Trinajstić information content (AvgIpc) is 2.22. The number of nitrogens with one attached hydrogen (secondary N) is 1. The van der Waals surface area contributed by atoms with Gasteiger partial charge >= 0.3 is 0 Å². The lowest BCUT2D eigenvalue weighted by Crippen LogP contribution is -2.01. The molecule has 3 nitrogen and oxygen atoms in total. The monoisotopic (exact) mass is 205 g/mol. The summed E-state index contributed by atoms with van der Waals surface area (Å²) in [6, 6.07) is 7.02. The second kappa shape index (κ2) is 3.57. The molecule has 1 heterocycles. The maximum atomic E-state index is 13.0. The molecule has 0 saturated heterocycles. The van der Waals surface area contributed by atoms with Gasteiger partial charge in [0.1, 0.15) is 0 Å². The molecule has 0 aliphatic carbocycles. The Balaban J connectivity index is 2.55. The first-order valence-corrected chi connectivity index (χ1v) is 4.34. The Bertz CT molecular complexity index is 548. The number of phenols is 1. The third kappa shape index (κ3) is 1.88. The number of aromatic hydroxyl groups is 1. The van der Waals surface area contributed by atoms with Crippen LogP contribution in [0.1, 0.15) is 0 Å². The molecule has 0 fully saturated rings. The number of aromatic amines is 1. The molecule has 0 spiro atoms. The summed E-state index contributed by atoms with van der Waals surface area (Å²) < 4.78 is 13.0. The number of halogens is 1. The number of rotatable bonds is 1. The summed E-state index contributed by atoms with van der Waals surface area (Å²) in [4.78, 5) is 13.5. The van der Waals surface area contributed by atoms with Gasteiger partial charge in [-0.3, -0.25) is 4.79 Å². The number of H-pyrrole nitrogens is 1. The topological polar surface area (TPSA) is 53.1 Å². The van der Waals surface area contributed by atoms with Gasteiger partial charge in [0.25, 0.3) is 0 Å². The van der Waals surface area contributed by atoms with Crippen LogP contribution < -0.4 is 5.56 Å². The molecule has 0 amide bonds. The van der Waals surface area contributed by atoms with Crippen LogP contribution in [0.4, 0.5) is 4.39 Å². The van der Waals surface area contributed by atoms with Crippen LogP contribution in [0.25, 0.3) is 11.1 Å². The van der Waals surface area contributed by atoms with E-state index in [4.69, 9.17) is 5.11 Å². The van der Waals surface area contributed by atoms with Gasteiger partial charge in [0.05, 0.1) is 0 Å². The highest BCUT2D eigenvalue weighted by Crippen LogP contribution is 2.23. The number of pyridine rings is 1. The van der Waals surface area contributed by atoms with Crippen molar-refractivity contribution in [3.05, 3.63) is 52.7 Å². The van der Waals surface area contributed by atoms with Crippen LogP contribution in [-0.4, -0.2) is 10.1 Å². The lowest BCUT2D eigenvalue weighted by atomic mass is 10.1. The second-order valence-corrected chi connectivity index (χ2v) is 3.11. The average molecular weight is 205 g/mol. The molecule has 1 aromatic carbocycles. The normalized spacial score (nSPS) is 10.2. The Labute approximate surface area is 84.8 Å². The number of aromatic nitrogens is 1. The summed E-state index contributed by atoms with van der Waals surface area (Å²) >= 11 is 0. The van der Waals surface area contributed by atoms with E-state index < -0.39 is 11.6 Å². The van der Waals surface area contributed by atoms with E-state index in [1.54, 1.807) is 12.1 Å². The first-order chi connectivity index (χ1) is 7.16. The molecule has 0 saturated carbocycles. The van der Waals surface area contributed by atoms with Gasteiger partial charge in [0.2, 0.25) is 5.56 Å². The van der Waals surface area contributed by atoms with Crippen LogP contribution in [0, 0.1) is 5.82 Å². The van der Waals surface area contributed by atoms with Crippen molar-refractivity contribution in [3.63, 3.8) is 0 Å². The van der Waals surface area contributed by atoms with E-state index in [0.717, 1.165) is 0 Å². The molecule has 2 N–H and O–H groups in total. The quantitative estimate of drug-likeness (QED) is 0.746. The molecule has 0 unspecified atom stereocenters. The van der Waals surface area contributed by atoms with E-state index in [1.807, 2.05) is 0 Å². The van der Waals surface area contributed by atoms with E-state index in [1.165, 1.54) is 24.4 Å². The molecule has 2 rings (SSSR count). The molecule has 0 atom stereocenters. The SMILES string of the molecule is O=c1cc(-c2ccc(O)c(F)c2)cc[nH]1. The predicted octanol–water partition coefficient (Wildman–Crippen LogP) is 1.89. The van der Waals surface area contributed by atoms with Crippen LogP contribution in [0.15, 0.2) is 41.3 Å². The molecule has 0 bridgehead atoms. The van der Waals surface area contributed by atoms with Crippen molar-refractivity contribution < 1.29 is 9.50 Å². The zero-order valence-corrected chi connectivity index (χ0v) is 7.70. The summed E-state index contributed by atoms with van der Waals surface area (Å²) in [7, 11) is 0. The Kier molecular flexibility index (Phi) is 2.25. The molecule has 2 aromatic rings. The smallest absolute Gasteiger partial charge is 0.248 e. The van der Waals surface area contributed by atoms with Crippen molar-refractivity contribution in [2.45, 2.75) is 0 Å². The highest BCUT2D eigenvalue weighted by Gasteiger charge is 2.03. The minimum absolute atomic E-state index is 0.249. The van der Waals surface area contributed by atoms with Crippen LogP contribution in [-0.2, 0) is 0 Å². The Morgan fingerprint density at radius 2 is 1.87 bits per heavy atom. The molecule has 0 radical (unpaired) electrons. The van der Waals surface area contributed by atoms with Crippen LogP contribution in [0.5, 0.6) is 5.75 Å². The Hall–Kier alpha value is -2.10. The number of hydrogen-bond donors (Lipinski definition) is 2. The third-order valence-corrected chi connectivity index (χ3v) is 2.06. The minimum Gasteiger partial charge on any atom is -0.505 e. The van der Waals surface area contributed by atoms with Crippen molar-refractivity contribution >= 4 is 0 Å². The van der Waals surface area contributed by atoms with Crippen molar-refractivity contribution in [3.8, 4) is 16.9 Å². The van der Waals surface area contributed by atoms with E-state index in [9.17, 15) is 9.18 Å². The van der Waals surface area contributed by atoms with Crippen LogP contribution >= 0.6 is 0 Å². The summed E-state index contributed by atoms with van der Waals surface area (Å²) in [5.41, 5.74) is 0.912. The van der Waals surface area contributed by atoms with Crippen molar-refractivity contribution in [2.75, 3.05) is 0 Å². The first kappa shape index (κ1) is 9.45. The fraction of sp³-hybridized carbons (Fsp3) is 0. The fourth-order valence-corrected chi connectivity index (χ4v) is 1.31. The van der Waals surface area contributed by atoms with E-state index in [2.05, 4.69) is 4.98 Å². The second-order valence-electron chi connectivity index (χ2n) is 3.11. The minimum atomic E-state index is -0.701. The molecule has 76 valence electrons. The summed E-state index contributed by atoms with van der Waals surface area (Å²) in [6.45, 7) is 0. The number of phenolic OH excluding ortho intramolecular Hbond substituents is 1. The maximum Gasteiger partial charge on any atom is 0.248 e. The van der Waals surface area contributed by atoms with Crippen molar-refractivity contribution in [1.82, 2.24) is 4.98 Å². The van der Waals surface area contributed by atoms with Crippen LogP contribution in [0.3, 0.4) is 0 Å². The number of benzene rings is 1. The van der Waals surface area contributed by atoms with E-state index in [0.29, 0.717) is 11.1 Å². The van der Waals surface area contributed by atoms with Crippen molar-refractivity contribution in [2.24, 2.45) is 0 Å². The van der Waals surface area contributed by atoms with Gasteiger partial charge in [-0.05, 0) is 29.3 Å².